The molecule has 1 aromatic heterocycles. The number of nitrogens with zero attached hydrogens (tertiary/aromatic N) is 1. The number of rotatable bonds is 10. The first-order valence-electron chi connectivity index (χ1n) is 7.85. The number of aromatic nitrogens is 1. The Morgan fingerprint density at radius 1 is 1.12 bits per heavy atom. The number of thiazole rings is 1. The maximum Gasteiger partial charge on any atom is 0.350 e. The van der Waals surface area contributed by atoms with E-state index in [4.69, 9.17) is 9.94 Å². The summed E-state index contributed by atoms with van der Waals surface area (Å²) in [6, 6.07) is 0. The van der Waals surface area contributed by atoms with E-state index in [1.54, 1.807) is 19.3 Å². The van der Waals surface area contributed by atoms with Gasteiger partial charge in [-0.2, -0.15) is 0 Å². The van der Waals surface area contributed by atoms with Crippen LogP contribution >= 0.6 is 11.3 Å². The molecule has 0 bridgehead atoms. The van der Waals surface area contributed by atoms with Crippen molar-refractivity contribution in [3.05, 3.63) is 10.6 Å². The lowest BCUT2D eigenvalue weighted by Crippen LogP contribution is -2.17. The Kier molecular flexibility index (Phi) is 8.95. The van der Waals surface area contributed by atoms with Gasteiger partial charge in [-0.15, -0.1) is 0 Å². The SMILES string of the molecule is CCOC(=O)c1sc(NC(=O)CCCCCCC(=O)NO)nc1C. The number of amides is 2. The standard InChI is InChI=1S/C15H23N3O5S/c1-3-23-14(21)13-10(2)16-15(24-13)17-11(19)8-6-4-5-7-9-12(20)18-22/h22H,3-9H2,1-2H3,(H,18,20)(H,16,17,19). The summed E-state index contributed by atoms with van der Waals surface area (Å²) in [4.78, 5) is 38.9. The summed E-state index contributed by atoms with van der Waals surface area (Å²) >= 11 is 1.10. The average molecular weight is 357 g/mol. The summed E-state index contributed by atoms with van der Waals surface area (Å²) in [6.07, 6.45) is 3.61. The number of anilines is 1. The van der Waals surface area contributed by atoms with Gasteiger partial charge in [-0.25, -0.2) is 15.3 Å². The zero-order valence-corrected chi connectivity index (χ0v) is 14.7. The summed E-state index contributed by atoms with van der Waals surface area (Å²) in [7, 11) is 0. The van der Waals surface area contributed by atoms with E-state index >= 15 is 0 Å². The Morgan fingerprint density at radius 3 is 2.33 bits per heavy atom. The quantitative estimate of drug-likeness (QED) is 0.256. The molecule has 134 valence electrons. The number of hydroxylamine groups is 1. The van der Waals surface area contributed by atoms with Gasteiger partial charge in [0, 0.05) is 12.8 Å². The van der Waals surface area contributed by atoms with Crippen molar-refractivity contribution in [1.29, 1.82) is 0 Å². The third-order valence-corrected chi connectivity index (χ3v) is 4.24. The van der Waals surface area contributed by atoms with Crippen molar-refractivity contribution in [3.63, 3.8) is 0 Å². The average Bonchev–Trinajstić information content (AvgIpc) is 2.91. The van der Waals surface area contributed by atoms with E-state index in [1.165, 1.54) is 0 Å². The largest absolute Gasteiger partial charge is 0.462 e. The van der Waals surface area contributed by atoms with Gasteiger partial charge in [0.25, 0.3) is 0 Å². The maximum atomic E-state index is 11.9. The highest BCUT2D eigenvalue weighted by atomic mass is 32.1. The van der Waals surface area contributed by atoms with Crippen LogP contribution in [0, 0.1) is 6.92 Å². The van der Waals surface area contributed by atoms with Gasteiger partial charge in [0.2, 0.25) is 11.8 Å². The van der Waals surface area contributed by atoms with Crippen LogP contribution in [0.5, 0.6) is 0 Å². The Labute approximate surface area is 144 Å². The first-order valence-corrected chi connectivity index (χ1v) is 8.66. The van der Waals surface area contributed by atoms with E-state index in [9.17, 15) is 14.4 Å². The second-order valence-electron chi connectivity index (χ2n) is 5.15. The molecule has 1 aromatic rings. The monoisotopic (exact) mass is 357 g/mol. The molecule has 0 aromatic carbocycles. The normalized spacial score (nSPS) is 10.3. The van der Waals surface area contributed by atoms with Gasteiger partial charge in [-0.05, 0) is 26.7 Å². The molecular formula is C15H23N3O5S. The van der Waals surface area contributed by atoms with E-state index in [0.29, 0.717) is 35.0 Å². The molecule has 2 amide bonds. The van der Waals surface area contributed by atoms with Crippen LogP contribution in [0.25, 0.3) is 0 Å². The zero-order chi connectivity index (χ0) is 17.9. The lowest BCUT2D eigenvalue weighted by molar-refractivity contribution is -0.129. The topological polar surface area (TPSA) is 118 Å². The van der Waals surface area contributed by atoms with Crippen molar-refractivity contribution in [1.82, 2.24) is 10.5 Å². The maximum absolute atomic E-state index is 11.9. The van der Waals surface area contributed by atoms with E-state index in [2.05, 4.69) is 10.3 Å². The molecule has 8 nitrogen and oxygen atoms in total. The number of aryl methyl sites for hydroxylation is 1. The minimum Gasteiger partial charge on any atom is -0.462 e. The minimum atomic E-state index is -0.431. The molecule has 0 atom stereocenters. The van der Waals surface area contributed by atoms with Crippen LogP contribution in [0.3, 0.4) is 0 Å². The molecule has 0 saturated heterocycles. The van der Waals surface area contributed by atoms with Gasteiger partial charge < -0.3 is 10.1 Å². The molecule has 0 spiro atoms. The van der Waals surface area contributed by atoms with Crippen LogP contribution in [-0.2, 0) is 14.3 Å². The van der Waals surface area contributed by atoms with Crippen molar-refractivity contribution in [2.75, 3.05) is 11.9 Å². The highest BCUT2D eigenvalue weighted by Gasteiger charge is 2.17. The molecule has 0 aliphatic rings. The van der Waals surface area contributed by atoms with Gasteiger partial charge in [0.15, 0.2) is 5.13 Å². The van der Waals surface area contributed by atoms with E-state index in [-0.39, 0.29) is 18.9 Å². The lowest BCUT2D eigenvalue weighted by Gasteiger charge is -2.02. The van der Waals surface area contributed by atoms with Gasteiger partial charge >= 0.3 is 5.97 Å². The van der Waals surface area contributed by atoms with Crippen LogP contribution in [0.4, 0.5) is 5.13 Å². The van der Waals surface area contributed by atoms with E-state index < -0.39 is 11.9 Å². The third kappa shape index (κ3) is 7.05. The third-order valence-electron chi connectivity index (χ3n) is 3.19. The van der Waals surface area contributed by atoms with Crippen LogP contribution in [-0.4, -0.2) is 34.6 Å². The van der Waals surface area contributed by atoms with Crippen molar-refractivity contribution < 1.29 is 24.3 Å². The predicted octanol–water partition coefficient (Wildman–Crippen LogP) is 2.41. The second-order valence-corrected chi connectivity index (χ2v) is 6.15. The fraction of sp³-hybridized carbons (Fsp3) is 0.600. The van der Waals surface area contributed by atoms with Gasteiger partial charge in [-0.3, -0.25) is 14.8 Å². The van der Waals surface area contributed by atoms with Crippen LogP contribution in [0.2, 0.25) is 0 Å². The van der Waals surface area contributed by atoms with Crippen LogP contribution < -0.4 is 10.8 Å². The summed E-state index contributed by atoms with van der Waals surface area (Å²) in [5.41, 5.74) is 2.12. The molecule has 9 heteroatoms. The van der Waals surface area contributed by atoms with Gasteiger partial charge in [-0.1, -0.05) is 24.2 Å². The van der Waals surface area contributed by atoms with Crippen molar-refractivity contribution in [3.8, 4) is 0 Å². The highest BCUT2D eigenvalue weighted by molar-refractivity contribution is 7.17. The first kappa shape index (κ1) is 20.0. The Hall–Kier alpha value is -2.00. The molecule has 0 unspecified atom stereocenters. The molecule has 0 radical (unpaired) electrons. The van der Waals surface area contributed by atoms with Crippen molar-refractivity contribution in [2.45, 2.75) is 52.4 Å². The van der Waals surface area contributed by atoms with Crippen LogP contribution in [0.15, 0.2) is 0 Å². The summed E-state index contributed by atoms with van der Waals surface area (Å²) in [5.74, 6) is -0.989. The minimum absolute atomic E-state index is 0.160. The Morgan fingerprint density at radius 2 is 1.75 bits per heavy atom. The number of esters is 1. The summed E-state index contributed by atoms with van der Waals surface area (Å²) in [5, 5.41) is 11.4. The molecule has 3 N–H and O–H groups in total. The Bertz CT molecular complexity index is 573. The van der Waals surface area contributed by atoms with E-state index in [1.807, 2.05) is 0 Å². The second kappa shape index (κ2) is 10.7. The highest BCUT2D eigenvalue weighted by Crippen LogP contribution is 2.23. The lowest BCUT2D eigenvalue weighted by atomic mass is 10.1. The fourth-order valence-electron chi connectivity index (χ4n) is 2.00. The Balaban J connectivity index is 2.29. The van der Waals surface area contributed by atoms with Crippen molar-refractivity contribution >= 4 is 34.3 Å². The van der Waals surface area contributed by atoms with Crippen LogP contribution in [0.1, 0.15) is 60.8 Å². The number of hydrogen-bond donors (Lipinski definition) is 3. The fourth-order valence-corrected chi connectivity index (χ4v) is 2.87. The van der Waals surface area contributed by atoms with E-state index in [0.717, 1.165) is 24.2 Å². The number of unbranched alkanes of at least 4 members (excludes halogenated alkanes) is 3. The summed E-state index contributed by atoms with van der Waals surface area (Å²) in [6.45, 7) is 3.71. The molecule has 24 heavy (non-hydrogen) atoms. The molecule has 0 aliphatic heterocycles. The zero-order valence-electron chi connectivity index (χ0n) is 13.9. The van der Waals surface area contributed by atoms with Crippen molar-refractivity contribution in [2.24, 2.45) is 0 Å². The number of ether oxygens (including phenoxy) is 1. The van der Waals surface area contributed by atoms with Gasteiger partial charge in [0.1, 0.15) is 4.88 Å². The number of hydrogen-bond acceptors (Lipinski definition) is 7. The van der Waals surface area contributed by atoms with Gasteiger partial charge in [0.05, 0.1) is 12.3 Å². The smallest absolute Gasteiger partial charge is 0.350 e. The molecule has 0 fully saturated rings. The molecule has 0 aliphatic carbocycles. The molecule has 1 rings (SSSR count). The number of carbonyl (C=O) groups excluding carboxylic acids is 3. The summed E-state index contributed by atoms with van der Waals surface area (Å²) < 4.78 is 4.93. The number of nitrogens with one attached hydrogen (secondary N) is 2. The predicted molar refractivity (Wildman–Crippen MR) is 89.1 cm³/mol. The number of carbonyl (C=O) groups is 3. The first-order chi connectivity index (χ1) is 11.5. The molecule has 0 saturated carbocycles. The molecular weight excluding hydrogens is 334 g/mol. The molecule has 1 heterocycles.